The molecular weight excluding hydrogens is 332 g/mol. The molecule has 0 radical (unpaired) electrons. The Kier molecular flexibility index (Phi) is 4.73. The minimum absolute atomic E-state index is 0.489. The summed E-state index contributed by atoms with van der Waals surface area (Å²) in [4.78, 5) is 2.15. The summed E-state index contributed by atoms with van der Waals surface area (Å²) < 4.78 is 0.971. The normalized spacial score (nSPS) is 12.4. The van der Waals surface area contributed by atoms with E-state index in [2.05, 4.69) is 15.9 Å². The Balaban J connectivity index is 2.31. The highest BCUT2D eigenvalue weighted by Crippen LogP contribution is 2.35. The van der Waals surface area contributed by atoms with E-state index in [9.17, 15) is 5.11 Å². The Hall–Kier alpha value is -0.480. The summed E-state index contributed by atoms with van der Waals surface area (Å²) in [6, 6.07) is 13.6. The van der Waals surface area contributed by atoms with E-state index in [0.717, 1.165) is 24.8 Å². The lowest BCUT2D eigenvalue weighted by atomic mass is 10.1. The van der Waals surface area contributed by atoms with E-state index < -0.39 is 6.10 Å². The first-order chi connectivity index (χ1) is 8.56. The molecule has 0 aliphatic rings. The molecule has 0 amide bonds. The van der Waals surface area contributed by atoms with Crippen LogP contribution in [0.4, 0.5) is 0 Å². The summed E-state index contributed by atoms with van der Waals surface area (Å²) in [5.74, 6) is 0. The number of rotatable bonds is 3. The topological polar surface area (TPSA) is 20.2 Å². The van der Waals surface area contributed by atoms with E-state index in [1.54, 1.807) is 18.7 Å². The number of benzene rings is 2. The molecule has 0 aromatic heterocycles. The maximum absolute atomic E-state index is 9.80. The molecule has 4 heteroatoms. The van der Waals surface area contributed by atoms with Crippen LogP contribution in [0.2, 0.25) is 5.02 Å². The van der Waals surface area contributed by atoms with Gasteiger partial charge in [-0.25, -0.2) is 0 Å². The van der Waals surface area contributed by atoms with E-state index in [-0.39, 0.29) is 0 Å². The van der Waals surface area contributed by atoms with Gasteiger partial charge in [0.2, 0.25) is 0 Å². The summed E-state index contributed by atoms with van der Waals surface area (Å²) >= 11 is 10.9. The molecule has 2 rings (SSSR count). The van der Waals surface area contributed by atoms with Gasteiger partial charge in [0.25, 0.3) is 0 Å². The van der Waals surface area contributed by atoms with Crippen LogP contribution in [0.25, 0.3) is 0 Å². The SMILES string of the molecule is CC(O)c1cc(Br)ccc1Sc1ccc(Cl)cc1. The highest BCUT2D eigenvalue weighted by Gasteiger charge is 2.10. The molecule has 0 saturated carbocycles. The van der Waals surface area contributed by atoms with Crippen LogP contribution in [0.1, 0.15) is 18.6 Å². The zero-order valence-corrected chi connectivity index (χ0v) is 12.9. The highest BCUT2D eigenvalue weighted by atomic mass is 79.9. The van der Waals surface area contributed by atoms with Crippen molar-refractivity contribution in [2.75, 3.05) is 0 Å². The summed E-state index contributed by atoms with van der Waals surface area (Å²) in [6.07, 6.45) is -0.489. The zero-order chi connectivity index (χ0) is 13.1. The van der Waals surface area contributed by atoms with E-state index in [1.807, 2.05) is 42.5 Å². The molecule has 1 N–H and O–H groups in total. The van der Waals surface area contributed by atoms with Gasteiger partial charge in [-0.2, -0.15) is 0 Å². The third-order valence-corrected chi connectivity index (χ3v) is 4.31. The van der Waals surface area contributed by atoms with Gasteiger partial charge in [-0.05, 0) is 55.0 Å². The summed E-state index contributed by atoms with van der Waals surface area (Å²) in [6.45, 7) is 1.77. The van der Waals surface area contributed by atoms with Crippen LogP contribution in [0.3, 0.4) is 0 Å². The van der Waals surface area contributed by atoms with E-state index in [4.69, 9.17) is 11.6 Å². The van der Waals surface area contributed by atoms with E-state index in [1.165, 1.54) is 0 Å². The molecule has 0 heterocycles. The van der Waals surface area contributed by atoms with Gasteiger partial charge in [-0.15, -0.1) is 0 Å². The largest absolute Gasteiger partial charge is 0.389 e. The number of aliphatic hydroxyl groups is 1. The van der Waals surface area contributed by atoms with Crippen molar-refractivity contribution in [3.05, 3.63) is 57.5 Å². The molecule has 0 aliphatic heterocycles. The molecule has 0 fully saturated rings. The fraction of sp³-hybridized carbons (Fsp3) is 0.143. The van der Waals surface area contributed by atoms with Crippen molar-refractivity contribution < 1.29 is 5.11 Å². The molecule has 2 aromatic carbocycles. The van der Waals surface area contributed by atoms with Crippen LogP contribution >= 0.6 is 39.3 Å². The van der Waals surface area contributed by atoms with Crippen LogP contribution in [-0.2, 0) is 0 Å². The van der Waals surface area contributed by atoms with Crippen LogP contribution < -0.4 is 0 Å². The van der Waals surface area contributed by atoms with Crippen LogP contribution in [0.5, 0.6) is 0 Å². The number of aliphatic hydroxyl groups excluding tert-OH is 1. The minimum atomic E-state index is -0.489. The first-order valence-electron chi connectivity index (χ1n) is 5.47. The Bertz CT molecular complexity index is 540. The second-order valence-electron chi connectivity index (χ2n) is 3.91. The Morgan fingerprint density at radius 3 is 2.44 bits per heavy atom. The lowest BCUT2D eigenvalue weighted by molar-refractivity contribution is 0.196. The minimum Gasteiger partial charge on any atom is -0.389 e. The lowest BCUT2D eigenvalue weighted by Crippen LogP contribution is -1.94. The second kappa shape index (κ2) is 6.11. The fourth-order valence-electron chi connectivity index (χ4n) is 1.57. The highest BCUT2D eigenvalue weighted by molar-refractivity contribution is 9.10. The van der Waals surface area contributed by atoms with Crippen molar-refractivity contribution in [1.82, 2.24) is 0 Å². The first-order valence-corrected chi connectivity index (χ1v) is 7.46. The Morgan fingerprint density at radius 2 is 1.83 bits per heavy atom. The third-order valence-electron chi connectivity index (χ3n) is 2.46. The van der Waals surface area contributed by atoms with Crippen molar-refractivity contribution in [1.29, 1.82) is 0 Å². The molecule has 0 aliphatic carbocycles. The molecular formula is C14H12BrClOS. The number of hydrogen-bond acceptors (Lipinski definition) is 2. The average molecular weight is 344 g/mol. The van der Waals surface area contributed by atoms with Crippen LogP contribution in [0.15, 0.2) is 56.7 Å². The smallest absolute Gasteiger partial charge is 0.0773 e. The monoisotopic (exact) mass is 342 g/mol. The molecule has 18 heavy (non-hydrogen) atoms. The second-order valence-corrected chi connectivity index (χ2v) is 6.38. The van der Waals surface area contributed by atoms with E-state index in [0.29, 0.717) is 0 Å². The number of hydrogen-bond donors (Lipinski definition) is 1. The summed E-state index contributed by atoms with van der Waals surface area (Å²) in [7, 11) is 0. The maximum atomic E-state index is 9.80. The third kappa shape index (κ3) is 3.51. The van der Waals surface area contributed by atoms with Gasteiger partial charge in [0.1, 0.15) is 0 Å². The summed E-state index contributed by atoms with van der Waals surface area (Å²) in [5.41, 5.74) is 0.921. The predicted octanol–water partition coefficient (Wildman–Crippen LogP) is 5.31. The van der Waals surface area contributed by atoms with Gasteiger partial charge in [0.05, 0.1) is 6.10 Å². The molecule has 1 atom stereocenters. The number of halogens is 2. The average Bonchev–Trinajstić information content (AvgIpc) is 2.34. The summed E-state index contributed by atoms with van der Waals surface area (Å²) in [5, 5.41) is 10.5. The van der Waals surface area contributed by atoms with Gasteiger partial charge in [-0.1, -0.05) is 39.3 Å². The molecule has 0 saturated heterocycles. The van der Waals surface area contributed by atoms with Crippen molar-refractivity contribution in [2.24, 2.45) is 0 Å². The van der Waals surface area contributed by atoms with E-state index >= 15 is 0 Å². The maximum Gasteiger partial charge on any atom is 0.0773 e. The van der Waals surface area contributed by atoms with Gasteiger partial charge >= 0.3 is 0 Å². The molecule has 1 unspecified atom stereocenters. The van der Waals surface area contributed by atoms with Crippen molar-refractivity contribution >= 4 is 39.3 Å². The molecule has 0 spiro atoms. The molecule has 0 bridgehead atoms. The predicted molar refractivity (Wildman–Crippen MR) is 80.4 cm³/mol. The van der Waals surface area contributed by atoms with Crippen molar-refractivity contribution in [3.8, 4) is 0 Å². The molecule has 94 valence electrons. The Labute approximate surface area is 124 Å². The standard InChI is InChI=1S/C14H12BrClOS/c1-9(17)13-8-10(15)2-7-14(13)18-12-5-3-11(16)4-6-12/h2-9,17H,1H3. The molecule has 2 aromatic rings. The van der Waals surface area contributed by atoms with Gasteiger partial charge in [-0.3, -0.25) is 0 Å². The van der Waals surface area contributed by atoms with Crippen molar-refractivity contribution in [2.45, 2.75) is 22.8 Å². The van der Waals surface area contributed by atoms with Crippen molar-refractivity contribution in [3.63, 3.8) is 0 Å². The first kappa shape index (κ1) is 13.9. The lowest BCUT2D eigenvalue weighted by Gasteiger charge is -2.12. The van der Waals surface area contributed by atoms with Crippen LogP contribution in [-0.4, -0.2) is 5.11 Å². The quantitative estimate of drug-likeness (QED) is 0.815. The molecule has 1 nitrogen and oxygen atoms in total. The Morgan fingerprint density at radius 1 is 1.17 bits per heavy atom. The zero-order valence-electron chi connectivity index (χ0n) is 9.73. The van der Waals surface area contributed by atoms with Crippen LogP contribution in [0, 0.1) is 0 Å². The fourth-order valence-corrected chi connectivity index (χ4v) is 3.08. The van der Waals surface area contributed by atoms with Gasteiger partial charge < -0.3 is 5.11 Å². The van der Waals surface area contributed by atoms with Gasteiger partial charge in [0.15, 0.2) is 0 Å². The van der Waals surface area contributed by atoms with Gasteiger partial charge in [0, 0.05) is 19.3 Å².